The van der Waals surface area contributed by atoms with Crippen molar-refractivity contribution < 1.29 is 9.59 Å². The van der Waals surface area contributed by atoms with Gasteiger partial charge in [0, 0.05) is 19.2 Å². The van der Waals surface area contributed by atoms with E-state index in [2.05, 4.69) is 0 Å². The van der Waals surface area contributed by atoms with E-state index in [4.69, 9.17) is 5.73 Å². The normalized spacial score (nSPS) is 9.67. The molecule has 12 heavy (non-hydrogen) atoms. The van der Waals surface area contributed by atoms with Crippen molar-refractivity contribution in [2.45, 2.75) is 13.0 Å². The van der Waals surface area contributed by atoms with Crippen molar-refractivity contribution in [3.63, 3.8) is 0 Å². The Morgan fingerprint density at radius 1 is 1.67 bits per heavy atom. The second-order valence-corrected chi connectivity index (χ2v) is 2.46. The summed E-state index contributed by atoms with van der Waals surface area (Å²) in [4.78, 5) is 20.8. The fourth-order valence-corrected chi connectivity index (χ4v) is 0.969. The van der Waals surface area contributed by atoms with Crippen LogP contribution in [0.25, 0.3) is 0 Å². The molecule has 0 bridgehead atoms. The van der Waals surface area contributed by atoms with Gasteiger partial charge >= 0.3 is 0 Å². The number of aldehydes is 1. The van der Waals surface area contributed by atoms with E-state index < -0.39 is 0 Å². The molecule has 1 aromatic rings. The van der Waals surface area contributed by atoms with Gasteiger partial charge in [0.15, 0.2) is 6.29 Å². The van der Waals surface area contributed by atoms with Crippen LogP contribution in [0.3, 0.4) is 0 Å². The number of carbonyl (C=O) groups is 2. The Hall–Kier alpha value is -1.58. The fraction of sp³-hybridized carbons (Fsp3) is 0.250. The molecule has 0 aromatic carbocycles. The van der Waals surface area contributed by atoms with Crippen LogP contribution < -0.4 is 5.73 Å². The second kappa shape index (κ2) is 3.71. The van der Waals surface area contributed by atoms with Crippen LogP contribution in [0.2, 0.25) is 0 Å². The van der Waals surface area contributed by atoms with Gasteiger partial charge < -0.3 is 10.3 Å². The molecule has 0 unspecified atom stereocenters. The number of nitrogens with two attached hydrogens (primary N) is 1. The van der Waals surface area contributed by atoms with Crippen LogP contribution in [0.5, 0.6) is 0 Å². The molecular formula is C8H10N2O2. The molecule has 64 valence electrons. The maximum Gasteiger partial charge on any atom is 0.219 e. The summed E-state index contributed by atoms with van der Waals surface area (Å²) in [6.45, 7) is 0.469. The number of amides is 1. The number of rotatable bonds is 4. The third kappa shape index (κ3) is 1.95. The summed E-state index contributed by atoms with van der Waals surface area (Å²) < 4.78 is 1.69. The van der Waals surface area contributed by atoms with Crippen LogP contribution in [-0.2, 0) is 11.3 Å². The number of carbonyl (C=O) groups excluding carboxylic acids is 2. The van der Waals surface area contributed by atoms with Crippen molar-refractivity contribution in [1.29, 1.82) is 0 Å². The number of aryl methyl sites for hydroxylation is 1. The van der Waals surface area contributed by atoms with Crippen LogP contribution in [-0.4, -0.2) is 16.8 Å². The first-order valence-electron chi connectivity index (χ1n) is 3.62. The summed E-state index contributed by atoms with van der Waals surface area (Å²) in [5, 5.41) is 0. The number of hydrogen-bond donors (Lipinski definition) is 1. The fourth-order valence-electron chi connectivity index (χ4n) is 0.969. The molecule has 4 nitrogen and oxygen atoms in total. The summed E-state index contributed by atoms with van der Waals surface area (Å²) >= 11 is 0. The highest BCUT2D eigenvalue weighted by Crippen LogP contribution is 1.99. The zero-order valence-electron chi connectivity index (χ0n) is 6.56. The minimum Gasteiger partial charge on any atom is -0.370 e. The van der Waals surface area contributed by atoms with Gasteiger partial charge in [-0.15, -0.1) is 0 Å². The highest BCUT2D eigenvalue weighted by Gasteiger charge is 1.99. The summed E-state index contributed by atoms with van der Waals surface area (Å²) in [6.07, 6.45) is 2.75. The number of nitrogens with zero attached hydrogens (tertiary/aromatic N) is 1. The van der Waals surface area contributed by atoms with Gasteiger partial charge in [-0.05, 0) is 12.1 Å². The van der Waals surface area contributed by atoms with Gasteiger partial charge in [-0.3, -0.25) is 9.59 Å². The van der Waals surface area contributed by atoms with Crippen molar-refractivity contribution in [1.82, 2.24) is 4.57 Å². The van der Waals surface area contributed by atoms with E-state index >= 15 is 0 Å². The van der Waals surface area contributed by atoms with Gasteiger partial charge in [-0.1, -0.05) is 0 Å². The van der Waals surface area contributed by atoms with Gasteiger partial charge in [0.2, 0.25) is 5.91 Å². The molecule has 2 N–H and O–H groups in total. The molecule has 1 amide bonds. The lowest BCUT2D eigenvalue weighted by Crippen LogP contribution is -2.14. The highest BCUT2D eigenvalue weighted by molar-refractivity contribution is 5.74. The maximum absolute atomic E-state index is 10.4. The zero-order valence-corrected chi connectivity index (χ0v) is 6.56. The molecule has 0 saturated heterocycles. The minimum absolute atomic E-state index is 0.259. The third-order valence-corrected chi connectivity index (χ3v) is 1.58. The average Bonchev–Trinajstić information content (AvgIpc) is 2.47. The van der Waals surface area contributed by atoms with Crippen LogP contribution in [0.1, 0.15) is 16.9 Å². The molecular weight excluding hydrogens is 156 g/mol. The summed E-state index contributed by atoms with van der Waals surface area (Å²) in [7, 11) is 0. The minimum atomic E-state index is -0.361. The first-order chi connectivity index (χ1) is 5.74. The lowest BCUT2D eigenvalue weighted by Gasteiger charge is -2.01. The van der Waals surface area contributed by atoms with Crippen molar-refractivity contribution in [3.05, 3.63) is 24.0 Å². The Labute approximate surface area is 70.0 Å². The Morgan fingerprint density at radius 2 is 2.42 bits per heavy atom. The molecule has 1 heterocycles. The smallest absolute Gasteiger partial charge is 0.219 e. The molecule has 0 fully saturated rings. The van der Waals surface area contributed by atoms with Gasteiger partial charge in [0.05, 0.1) is 5.69 Å². The van der Waals surface area contributed by atoms with E-state index in [1.807, 2.05) is 0 Å². The maximum atomic E-state index is 10.4. The Bertz CT molecular complexity index is 291. The van der Waals surface area contributed by atoms with Crippen molar-refractivity contribution in [2.75, 3.05) is 0 Å². The molecule has 0 aliphatic rings. The average molecular weight is 166 g/mol. The number of hydrogen-bond acceptors (Lipinski definition) is 2. The molecule has 0 saturated carbocycles. The summed E-state index contributed by atoms with van der Waals surface area (Å²) in [5.41, 5.74) is 5.53. The van der Waals surface area contributed by atoms with Crippen LogP contribution in [0.4, 0.5) is 0 Å². The summed E-state index contributed by atoms with van der Waals surface area (Å²) in [6, 6.07) is 3.44. The molecule has 4 heteroatoms. The lowest BCUT2D eigenvalue weighted by molar-refractivity contribution is -0.118. The largest absolute Gasteiger partial charge is 0.370 e. The van der Waals surface area contributed by atoms with Crippen LogP contribution in [0.15, 0.2) is 18.3 Å². The third-order valence-electron chi connectivity index (χ3n) is 1.58. The number of primary amides is 1. The topological polar surface area (TPSA) is 65.1 Å². The molecule has 0 aliphatic carbocycles. The zero-order chi connectivity index (χ0) is 8.97. The predicted molar refractivity (Wildman–Crippen MR) is 43.6 cm³/mol. The Morgan fingerprint density at radius 3 is 3.00 bits per heavy atom. The van der Waals surface area contributed by atoms with Gasteiger partial charge in [0.25, 0.3) is 0 Å². The SMILES string of the molecule is NC(=O)CCn1cccc1C=O. The van der Waals surface area contributed by atoms with E-state index in [0.29, 0.717) is 12.2 Å². The monoisotopic (exact) mass is 166 g/mol. The highest BCUT2D eigenvalue weighted by atomic mass is 16.1. The van der Waals surface area contributed by atoms with Crippen molar-refractivity contribution in [3.8, 4) is 0 Å². The van der Waals surface area contributed by atoms with Crippen molar-refractivity contribution >= 4 is 12.2 Å². The molecule has 1 rings (SSSR count). The van der Waals surface area contributed by atoms with Crippen LogP contribution >= 0.6 is 0 Å². The molecule has 0 aliphatic heterocycles. The molecule has 1 aromatic heterocycles. The number of aromatic nitrogens is 1. The first-order valence-corrected chi connectivity index (χ1v) is 3.62. The van der Waals surface area contributed by atoms with Gasteiger partial charge in [-0.2, -0.15) is 0 Å². The molecule has 0 spiro atoms. The first kappa shape index (κ1) is 8.52. The van der Waals surface area contributed by atoms with Gasteiger partial charge in [-0.25, -0.2) is 0 Å². The standard InChI is InChI=1S/C8H10N2O2/c9-8(12)3-5-10-4-1-2-7(10)6-11/h1-2,4,6H,3,5H2,(H2,9,12). The summed E-state index contributed by atoms with van der Waals surface area (Å²) in [5.74, 6) is -0.361. The molecule has 0 radical (unpaired) electrons. The quantitative estimate of drug-likeness (QED) is 0.648. The predicted octanol–water partition coefficient (Wildman–Crippen LogP) is 0.176. The van der Waals surface area contributed by atoms with Gasteiger partial charge in [0.1, 0.15) is 0 Å². The van der Waals surface area contributed by atoms with Crippen molar-refractivity contribution in [2.24, 2.45) is 5.73 Å². The van der Waals surface area contributed by atoms with E-state index in [0.717, 1.165) is 6.29 Å². The second-order valence-electron chi connectivity index (χ2n) is 2.46. The van der Waals surface area contributed by atoms with E-state index in [-0.39, 0.29) is 12.3 Å². The van der Waals surface area contributed by atoms with E-state index in [1.54, 1.807) is 22.9 Å². The lowest BCUT2D eigenvalue weighted by atomic mass is 10.4. The Balaban J connectivity index is 2.62. The van der Waals surface area contributed by atoms with E-state index in [1.165, 1.54) is 0 Å². The molecule has 0 atom stereocenters. The van der Waals surface area contributed by atoms with Crippen LogP contribution in [0, 0.1) is 0 Å². The Kier molecular flexibility index (Phi) is 2.63. The van der Waals surface area contributed by atoms with E-state index in [9.17, 15) is 9.59 Å².